The van der Waals surface area contributed by atoms with E-state index in [1.165, 1.54) is 0 Å². The lowest BCUT2D eigenvalue weighted by atomic mass is 10.0. The van der Waals surface area contributed by atoms with Crippen molar-refractivity contribution < 1.29 is 14.3 Å². The van der Waals surface area contributed by atoms with Gasteiger partial charge in [-0.05, 0) is 12.8 Å². The smallest absolute Gasteiger partial charge is 0.307 e. The molecule has 0 aliphatic rings. The van der Waals surface area contributed by atoms with Crippen LogP contribution in [0.3, 0.4) is 0 Å². The van der Waals surface area contributed by atoms with Gasteiger partial charge in [-0.2, -0.15) is 0 Å². The minimum absolute atomic E-state index is 0.175. The van der Waals surface area contributed by atoms with Crippen LogP contribution in [0.15, 0.2) is 0 Å². The van der Waals surface area contributed by atoms with Gasteiger partial charge >= 0.3 is 5.97 Å². The van der Waals surface area contributed by atoms with Crippen LogP contribution in [0, 0.1) is 5.92 Å². The Morgan fingerprint density at radius 2 is 2.15 bits per heavy atom. The first-order chi connectivity index (χ1) is 6.11. The zero-order valence-electron chi connectivity index (χ0n) is 8.58. The predicted octanol–water partition coefficient (Wildman–Crippen LogP) is 0.549. The SMILES string of the molecule is CCOC(=O)CC(N)C(C)COC. The molecule has 0 spiro atoms. The van der Waals surface area contributed by atoms with E-state index in [4.69, 9.17) is 15.2 Å². The van der Waals surface area contributed by atoms with Crippen LogP contribution in [-0.2, 0) is 14.3 Å². The average molecular weight is 189 g/mol. The second kappa shape index (κ2) is 6.86. The van der Waals surface area contributed by atoms with E-state index in [1.54, 1.807) is 14.0 Å². The molecule has 2 atom stereocenters. The van der Waals surface area contributed by atoms with Crippen LogP contribution >= 0.6 is 0 Å². The molecule has 0 aliphatic carbocycles. The molecular formula is C9H19NO3. The summed E-state index contributed by atoms with van der Waals surface area (Å²) in [6, 6.07) is -0.181. The highest BCUT2D eigenvalue weighted by atomic mass is 16.5. The maximum absolute atomic E-state index is 11.0. The number of carbonyl (C=O) groups is 1. The molecule has 13 heavy (non-hydrogen) atoms. The van der Waals surface area contributed by atoms with Gasteiger partial charge < -0.3 is 15.2 Å². The van der Waals surface area contributed by atoms with Crippen LogP contribution in [0.5, 0.6) is 0 Å². The normalized spacial score (nSPS) is 15.1. The summed E-state index contributed by atoms with van der Waals surface area (Å²) in [5.74, 6) is -0.0626. The lowest BCUT2D eigenvalue weighted by Crippen LogP contribution is -2.33. The molecule has 2 unspecified atom stereocenters. The number of methoxy groups -OCH3 is 1. The molecule has 0 aromatic rings. The number of hydrogen-bond acceptors (Lipinski definition) is 4. The van der Waals surface area contributed by atoms with Gasteiger partial charge in [0, 0.05) is 13.2 Å². The van der Waals surface area contributed by atoms with E-state index in [2.05, 4.69) is 0 Å². The second-order valence-electron chi connectivity index (χ2n) is 3.11. The van der Waals surface area contributed by atoms with Crippen LogP contribution in [-0.4, -0.2) is 32.3 Å². The van der Waals surface area contributed by atoms with E-state index in [-0.39, 0.29) is 24.3 Å². The molecule has 4 heteroatoms. The monoisotopic (exact) mass is 189 g/mol. The molecule has 4 nitrogen and oxygen atoms in total. The fourth-order valence-electron chi connectivity index (χ4n) is 1.00. The topological polar surface area (TPSA) is 61.5 Å². The first kappa shape index (κ1) is 12.4. The minimum atomic E-state index is -0.238. The Morgan fingerprint density at radius 3 is 2.62 bits per heavy atom. The molecule has 0 rings (SSSR count). The lowest BCUT2D eigenvalue weighted by Gasteiger charge is -2.17. The van der Waals surface area contributed by atoms with Gasteiger partial charge in [0.1, 0.15) is 0 Å². The highest BCUT2D eigenvalue weighted by molar-refractivity contribution is 5.70. The molecule has 0 aliphatic heterocycles. The minimum Gasteiger partial charge on any atom is -0.466 e. The highest BCUT2D eigenvalue weighted by Crippen LogP contribution is 2.05. The zero-order valence-corrected chi connectivity index (χ0v) is 8.58. The van der Waals surface area contributed by atoms with Gasteiger partial charge in [0.2, 0.25) is 0 Å². The Balaban J connectivity index is 3.71. The zero-order chi connectivity index (χ0) is 10.3. The highest BCUT2D eigenvalue weighted by Gasteiger charge is 2.16. The van der Waals surface area contributed by atoms with Crippen molar-refractivity contribution in [1.29, 1.82) is 0 Å². The second-order valence-corrected chi connectivity index (χ2v) is 3.11. The number of hydrogen-bond donors (Lipinski definition) is 1. The molecular weight excluding hydrogens is 170 g/mol. The fourth-order valence-corrected chi connectivity index (χ4v) is 1.00. The standard InChI is InChI=1S/C9H19NO3/c1-4-13-9(11)5-8(10)7(2)6-12-3/h7-8H,4-6,10H2,1-3H3. The summed E-state index contributed by atoms with van der Waals surface area (Å²) in [7, 11) is 1.62. The van der Waals surface area contributed by atoms with Crippen molar-refractivity contribution >= 4 is 5.97 Å². The maximum atomic E-state index is 11.0. The fraction of sp³-hybridized carbons (Fsp3) is 0.889. The first-order valence-corrected chi connectivity index (χ1v) is 4.52. The van der Waals surface area contributed by atoms with Crippen molar-refractivity contribution in [2.24, 2.45) is 11.7 Å². The van der Waals surface area contributed by atoms with Gasteiger partial charge in [-0.3, -0.25) is 4.79 Å². The van der Waals surface area contributed by atoms with Crippen molar-refractivity contribution in [3.8, 4) is 0 Å². The van der Waals surface area contributed by atoms with Gasteiger partial charge in [-0.1, -0.05) is 6.92 Å². The molecule has 0 aromatic carbocycles. The number of ether oxygens (including phenoxy) is 2. The summed E-state index contributed by atoms with van der Waals surface area (Å²) in [5.41, 5.74) is 5.75. The summed E-state index contributed by atoms with van der Waals surface area (Å²) < 4.78 is 9.72. The third kappa shape index (κ3) is 5.60. The summed E-state index contributed by atoms with van der Waals surface area (Å²) in [6.07, 6.45) is 0.262. The predicted molar refractivity (Wildman–Crippen MR) is 50.3 cm³/mol. The lowest BCUT2D eigenvalue weighted by molar-refractivity contribution is -0.143. The van der Waals surface area contributed by atoms with Crippen molar-refractivity contribution in [2.45, 2.75) is 26.3 Å². The summed E-state index contributed by atoms with van der Waals surface area (Å²) in [4.78, 5) is 11.0. The molecule has 0 amide bonds. The van der Waals surface area contributed by atoms with E-state index in [0.717, 1.165) is 0 Å². The van der Waals surface area contributed by atoms with Gasteiger partial charge in [-0.15, -0.1) is 0 Å². The van der Waals surface area contributed by atoms with Crippen LogP contribution in [0.4, 0.5) is 0 Å². The molecule has 0 aromatic heterocycles. The van der Waals surface area contributed by atoms with E-state index in [9.17, 15) is 4.79 Å². The Bertz CT molecular complexity index is 150. The summed E-state index contributed by atoms with van der Waals surface area (Å²) >= 11 is 0. The number of nitrogens with two attached hydrogens (primary N) is 1. The molecule has 0 saturated carbocycles. The molecule has 2 N–H and O–H groups in total. The molecule has 0 heterocycles. The van der Waals surface area contributed by atoms with Crippen molar-refractivity contribution in [3.05, 3.63) is 0 Å². The van der Waals surface area contributed by atoms with Gasteiger partial charge in [-0.25, -0.2) is 0 Å². The number of rotatable bonds is 6. The Labute approximate surface area is 79.4 Å². The maximum Gasteiger partial charge on any atom is 0.307 e. The number of carbonyl (C=O) groups excluding carboxylic acids is 1. The molecule has 78 valence electrons. The Hall–Kier alpha value is -0.610. The quantitative estimate of drug-likeness (QED) is 0.620. The van der Waals surface area contributed by atoms with Gasteiger partial charge in [0.05, 0.1) is 19.6 Å². The largest absolute Gasteiger partial charge is 0.466 e. The van der Waals surface area contributed by atoms with E-state index < -0.39 is 0 Å². The van der Waals surface area contributed by atoms with Crippen molar-refractivity contribution in [1.82, 2.24) is 0 Å². The van der Waals surface area contributed by atoms with Crippen LogP contribution in [0.2, 0.25) is 0 Å². The van der Waals surface area contributed by atoms with Crippen molar-refractivity contribution in [3.63, 3.8) is 0 Å². The summed E-state index contributed by atoms with van der Waals surface area (Å²) in [5, 5.41) is 0. The third-order valence-electron chi connectivity index (χ3n) is 1.87. The first-order valence-electron chi connectivity index (χ1n) is 4.52. The molecule has 0 bridgehead atoms. The number of esters is 1. The van der Waals surface area contributed by atoms with E-state index >= 15 is 0 Å². The Kier molecular flexibility index (Phi) is 6.54. The van der Waals surface area contributed by atoms with E-state index in [0.29, 0.717) is 13.2 Å². The van der Waals surface area contributed by atoms with E-state index in [1.807, 2.05) is 6.92 Å². The van der Waals surface area contributed by atoms with Crippen molar-refractivity contribution in [2.75, 3.05) is 20.3 Å². The molecule has 0 fully saturated rings. The Morgan fingerprint density at radius 1 is 1.54 bits per heavy atom. The van der Waals surface area contributed by atoms with Crippen LogP contribution in [0.1, 0.15) is 20.3 Å². The van der Waals surface area contributed by atoms with Crippen LogP contribution < -0.4 is 5.73 Å². The molecule has 0 saturated heterocycles. The average Bonchev–Trinajstić information content (AvgIpc) is 2.05. The van der Waals surface area contributed by atoms with Gasteiger partial charge in [0.15, 0.2) is 0 Å². The molecule has 0 radical (unpaired) electrons. The summed E-state index contributed by atoms with van der Waals surface area (Å²) in [6.45, 7) is 4.71. The van der Waals surface area contributed by atoms with Crippen LogP contribution in [0.25, 0.3) is 0 Å². The van der Waals surface area contributed by atoms with Gasteiger partial charge in [0.25, 0.3) is 0 Å². The third-order valence-corrected chi connectivity index (χ3v) is 1.87.